The van der Waals surface area contributed by atoms with Gasteiger partial charge in [-0.05, 0) is 43.2 Å². The average Bonchev–Trinajstić information content (AvgIpc) is 2.99. The summed E-state index contributed by atoms with van der Waals surface area (Å²) in [5.74, 6) is -4.63. The summed E-state index contributed by atoms with van der Waals surface area (Å²) in [6.45, 7) is 5.05. The highest BCUT2D eigenvalue weighted by atomic mass is 32.1. The Bertz CT molecular complexity index is 607. The summed E-state index contributed by atoms with van der Waals surface area (Å²) in [4.78, 5) is 37.4. The Morgan fingerprint density at radius 1 is 1.29 bits per heavy atom. The lowest BCUT2D eigenvalue weighted by atomic mass is 9.62. The highest BCUT2D eigenvalue weighted by Crippen LogP contribution is 2.47. The van der Waals surface area contributed by atoms with Crippen molar-refractivity contribution in [3.05, 3.63) is 22.4 Å². The van der Waals surface area contributed by atoms with Crippen molar-refractivity contribution in [3.8, 4) is 0 Å². The van der Waals surface area contributed by atoms with Crippen molar-refractivity contribution in [1.29, 1.82) is 0 Å². The topological polar surface area (TPSA) is 89.9 Å². The Kier molecular flexibility index (Phi) is 5.77. The molecule has 0 aromatic carbocycles. The Balaban J connectivity index is 2.53. The van der Waals surface area contributed by atoms with Gasteiger partial charge in [0.2, 0.25) is 0 Å². The minimum Gasteiger partial charge on any atom is -0.466 e. The van der Waals surface area contributed by atoms with Gasteiger partial charge in [0.05, 0.1) is 24.7 Å². The number of carbonyl (C=O) groups excluding carboxylic acids is 3. The van der Waals surface area contributed by atoms with Gasteiger partial charge in [0.25, 0.3) is 0 Å². The first-order valence-electron chi connectivity index (χ1n) is 7.94. The number of ether oxygens (including phenoxy) is 2. The van der Waals surface area contributed by atoms with Crippen molar-refractivity contribution < 1.29 is 29.0 Å². The molecular formula is C17H22O6S. The molecule has 0 unspecified atom stereocenters. The fraction of sp³-hybridized carbons (Fsp3) is 0.588. The number of aliphatic hydroxyl groups is 1. The van der Waals surface area contributed by atoms with Crippen LogP contribution in [0.25, 0.3) is 0 Å². The second kappa shape index (κ2) is 7.44. The van der Waals surface area contributed by atoms with E-state index in [9.17, 15) is 19.5 Å². The fourth-order valence-corrected chi connectivity index (χ4v) is 4.05. The summed E-state index contributed by atoms with van der Waals surface area (Å²) in [5, 5.41) is 14.3. The molecule has 0 amide bonds. The van der Waals surface area contributed by atoms with E-state index < -0.39 is 41.1 Å². The molecule has 1 fully saturated rings. The van der Waals surface area contributed by atoms with Crippen molar-refractivity contribution in [1.82, 2.24) is 0 Å². The van der Waals surface area contributed by atoms with Crippen molar-refractivity contribution in [2.75, 3.05) is 13.2 Å². The molecule has 1 aromatic rings. The van der Waals surface area contributed by atoms with Gasteiger partial charge in [-0.15, -0.1) is 0 Å². The molecule has 0 spiro atoms. The molecule has 132 valence electrons. The van der Waals surface area contributed by atoms with Crippen molar-refractivity contribution in [3.63, 3.8) is 0 Å². The van der Waals surface area contributed by atoms with Crippen molar-refractivity contribution >= 4 is 29.1 Å². The van der Waals surface area contributed by atoms with E-state index in [4.69, 9.17) is 9.47 Å². The molecule has 0 aliphatic heterocycles. The first-order valence-corrected chi connectivity index (χ1v) is 8.88. The van der Waals surface area contributed by atoms with Crippen LogP contribution in [0.15, 0.2) is 16.8 Å². The molecule has 0 bridgehead atoms. The van der Waals surface area contributed by atoms with E-state index >= 15 is 0 Å². The minimum absolute atomic E-state index is 0.138. The van der Waals surface area contributed by atoms with E-state index in [0.717, 1.165) is 0 Å². The summed E-state index contributed by atoms with van der Waals surface area (Å²) in [6.07, 6.45) is -0.291. The Morgan fingerprint density at radius 3 is 2.46 bits per heavy atom. The lowest BCUT2D eigenvalue weighted by Crippen LogP contribution is -2.55. The summed E-state index contributed by atoms with van der Waals surface area (Å²) < 4.78 is 10.2. The summed E-state index contributed by atoms with van der Waals surface area (Å²) >= 11 is 1.39. The average molecular weight is 354 g/mol. The van der Waals surface area contributed by atoms with Crippen LogP contribution in [0.1, 0.15) is 38.7 Å². The first kappa shape index (κ1) is 18.6. The quantitative estimate of drug-likeness (QED) is 0.642. The number of thiophene rings is 1. The maximum atomic E-state index is 12.5. The number of esters is 2. The molecule has 1 saturated carbocycles. The van der Waals surface area contributed by atoms with Gasteiger partial charge in [-0.2, -0.15) is 11.3 Å². The molecule has 7 heteroatoms. The molecule has 6 nitrogen and oxygen atoms in total. The smallest absolute Gasteiger partial charge is 0.317 e. The normalized spacial score (nSPS) is 30.0. The van der Waals surface area contributed by atoms with Crippen molar-refractivity contribution in [2.24, 2.45) is 11.8 Å². The van der Waals surface area contributed by atoms with Gasteiger partial charge < -0.3 is 14.6 Å². The Hall–Kier alpha value is -1.73. The summed E-state index contributed by atoms with van der Waals surface area (Å²) in [6, 6.07) is 1.75. The maximum absolute atomic E-state index is 12.5. The van der Waals surface area contributed by atoms with Crippen LogP contribution in [0.5, 0.6) is 0 Å². The van der Waals surface area contributed by atoms with Crippen LogP contribution >= 0.6 is 11.3 Å². The molecule has 0 radical (unpaired) electrons. The number of hydrogen-bond donors (Lipinski definition) is 1. The van der Waals surface area contributed by atoms with Crippen LogP contribution < -0.4 is 0 Å². The first-order chi connectivity index (χ1) is 11.3. The minimum atomic E-state index is -1.58. The van der Waals surface area contributed by atoms with E-state index in [1.807, 2.05) is 0 Å². The number of Topliss-reactive ketones (excluding diaryl/α,β-unsaturated/α-hetero) is 1. The predicted octanol–water partition coefficient (Wildman–Crippen LogP) is 1.91. The number of rotatable bonds is 5. The number of hydrogen-bond acceptors (Lipinski definition) is 7. The third-order valence-electron chi connectivity index (χ3n) is 4.28. The van der Waals surface area contributed by atoms with Gasteiger partial charge >= 0.3 is 11.9 Å². The molecule has 1 heterocycles. The molecule has 1 N–H and O–H groups in total. The van der Waals surface area contributed by atoms with E-state index in [0.29, 0.717) is 5.56 Å². The lowest BCUT2D eigenvalue weighted by molar-refractivity contribution is -0.172. The third-order valence-corrected chi connectivity index (χ3v) is 4.98. The molecule has 0 saturated heterocycles. The zero-order valence-electron chi connectivity index (χ0n) is 14.0. The molecule has 1 aromatic heterocycles. The number of carbonyl (C=O) groups is 3. The van der Waals surface area contributed by atoms with Crippen LogP contribution in [0, 0.1) is 11.8 Å². The van der Waals surface area contributed by atoms with Gasteiger partial charge in [-0.3, -0.25) is 14.4 Å². The monoisotopic (exact) mass is 354 g/mol. The lowest BCUT2D eigenvalue weighted by Gasteiger charge is -2.43. The van der Waals surface area contributed by atoms with Gasteiger partial charge in [0.1, 0.15) is 5.92 Å². The predicted molar refractivity (Wildman–Crippen MR) is 87.6 cm³/mol. The van der Waals surface area contributed by atoms with Gasteiger partial charge in [0, 0.05) is 12.3 Å². The second-order valence-corrected chi connectivity index (χ2v) is 6.82. The van der Waals surface area contributed by atoms with E-state index in [1.165, 1.54) is 18.3 Å². The molecular weight excluding hydrogens is 332 g/mol. The van der Waals surface area contributed by atoms with E-state index in [1.54, 1.807) is 30.7 Å². The molecule has 4 atom stereocenters. The fourth-order valence-electron chi connectivity index (χ4n) is 3.34. The van der Waals surface area contributed by atoms with Crippen LogP contribution in [0.3, 0.4) is 0 Å². The largest absolute Gasteiger partial charge is 0.466 e. The summed E-state index contributed by atoms with van der Waals surface area (Å²) in [7, 11) is 0. The third kappa shape index (κ3) is 3.52. The highest BCUT2D eigenvalue weighted by Gasteiger charge is 2.57. The van der Waals surface area contributed by atoms with Crippen LogP contribution in [0.4, 0.5) is 0 Å². The zero-order chi connectivity index (χ0) is 17.9. The Morgan fingerprint density at radius 2 is 1.92 bits per heavy atom. The number of ketones is 1. The van der Waals surface area contributed by atoms with E-state index in [-0.39, 0.29) is 19.6 Å². The van der Waals surface area contributed by atoms with Crippen LogP contribution in [0.2, 0.25) is 0 Å². The highest BCUT2D eigenvalue weighted by molar-refractivity contribution is 7.08. The van der Waals surface area contributed by atoms with Gasteiger partial charge in [-0.25, -0.2) is 0 Å². The molecule has 24 heavy (non-hydrogen) atoms. The SMILES string of the molecule is CCOC(=O)[C@H]1C(=O)C[C@](C)(O)[C@@H](C(=O)OCC)[C@@H]1c1ccsc1. The summed E-state index contributed by atoms with van der Waals surface area (Å²) in [5.41, 5.74) is -0.928. The van der Waals surface area contributed by atoms with E-state index in [2.05, 4.69) is 0 Å². The second-order valence-electron chi connectivity index (χ2n) is 6.04. The van der Waals surface area contributed by atoms with Crippen molar-refractivity contribution in [2.45, 2.75) is 38.7 Å². The zero-order valence-corrected chi connectivity index (χ0v) is 14.8. The van der Waals surface area contributed by atoms with Crippen LogP contribution in [-0.4, -0.2) is 41.6 Å². The molecule has 2 rings (SSSR count). The van der Waals surface area contributed by atoms with Gasteiger partial charge in [0.15, 0.2) is 5.78 Å². The molecule has 1 aliphatic carbocycles. The Labute approximate surface area is 144 Å². The van der Waals surface area contributed by atoms with Crippen LogP contribution in [-0.2, 0) is 23.9 Å². The molecule has 1 aliphatic rings. The van der Waals surface area contributed by atoms with Gasteiger partial charge in [-0.1, -0.05) is 0 Å². The standard InChI is InChI=1S/C17H22O6S/c1-4-22-15(19)13-11(18)8-17(3,21)14(16(20)23-5-2)12(13)10-6-7-24-9-10/h6-7,9,12-14,21H,4-5,8H2,1-3H3/t12-,13+,14-,17+/m1/s1. The maximum Gasteiger partial charge on any atom is 0.317 e.